The molecule has 0 fully saturated rings. The quantitative estimate of drug-likeness (QED) is 0.301. The predicted octanol–water partition coefficient (Wildman–Crippen LogP) is 6.22. The van der Waals surface area contributed by atoms with Gasteiger partial charge in [-0.05, 0) is 52.3 Å². The first kappa shape index (κ1) is 27.2. The average molecular weight is 516 g/mol. The number of hydrogen-bond donors (Lipinski definition) is 2. The number of para-hydroxylation sites is 1. The van der Waals surface area contributed by atoms with Crippen LogP contribution in [0.1, 0.15) is 76.3 Å². The SMILES string of the molecule is CC(=O)OCCOc1ccc(C(C)(C)C)cc1C1(c2cc(C(C)(C)C)ccc2O)C(=O)Nc2ccccc21. The molecule has 200 valence electrons. The minimum atomic E-state index is -1.38. The van der Waals surface area contributed by atoms with Crippen LogP contribution in [0.2, 0.25) is 0 Å². The van der Waals surface area contributed by atoms with Crippen molar-refractivity contribution in [3.05, 3.63) is 88.5 Å². The molecule has 1 aliphatic rings. The lowest BCUT2D eigenvalue weighted by molar-refractivity contribution is -0.141. The monoisotopic (exact) mass is 515 g/mol. The van der Waals surface area contributed by atoms with Crippen molar-refractivity contribution < 1.29 is 24.2 Å². The lowest BCUT2D eigenvalue weighted by atomic mass is 9.67. The molecule has 0 saturated heterocycles. The van der Waals surface area contributed by atoms with Gasteiger partial charge in [0.2, 0.25) is 5.91 Å². The largest absolute Gasteiger partial charge is 0.508 e. The van der Waals surface area contributed by atoms with Crippen LogP contribution in [-0.4, -0.2) is 30.2 Å². The molecule has 0 spiro atoms. The van der Waals surface area contributed by atoms with Crippen molar-refractivity contribution in [2.75, 3.05) is 18.5 Å². The summed E-state index contributed by atoms with van der Waals surface area (Å²) in [5, 5.41) is 14.4. The van der Waals surface area contributed by atoms with Crippen molar-refractivity contribution in [3.8, 4) is 11.5 Å². The van der Waals surface area contributed by atoms with Crippen molar-refractivity contribution >= 4 is 17.6 Å². The fourth-order valence-electron chi connectivity index (χ4n) is 4.99. The van der Waals surface area contributed by atoms with E-state index >= 15 is 0 Å². The summed E-state index contributed by atoms with van der Waals surface area (Å²) in [5.74, 6) is -0.146. The average Bonchev–Trinajstić information content (AvgIpc) is 3.13. The molecular weight excluding hydrogens is 478 g/mol. The molecule has 2 N–H and O–H groups in total. The van der Waals surface area contributed by atoms with Gasteiger partial charge in [0.1, 0.15) is 30.1 Å². The van der Waals surface area contributed by atoms with Crippen LogP contribution in [0.15, 0.2) is 60.7 Å². The van der Waals surface area contributed by atoms with E-state index in [9.17, 15) is 14.7 Å². The van der Waals surface area contributed by atoms with Gasteiger partial charge in [-0.25, -0.2) is 0 Å². The highest BCUT2D eigenvalue weighted by atomic mass is 16.6. The van der Waals surface area contributed by atoms with Gasteiger partial charge in [-0.2, -0.15) is 0 Å². The van der Waals surface area contributed by atoms with Gasteiger partial charge in [0, 0.05) is 29.3 Å². The number of anilines is 1. The molecule has 1 aliphatic heterocycles. The minimum absolute atomic E-state index is 0.0249. The highest BCUT2D eigenvalue weighted by molar-refractivity contribution is 6.12. The molecule has 0 aliphatic carbocycles. The van der Waals surface area contributed by atoms with E-state index in [4.69, 9.17) is 9.47 Å². The number of amides is 1. The molecule has 1 amide bonds. The Labute approximate surface area is 225 Å². The van der Waals surface area contributed by atoms with Gasteiger partial charge in [0.25, 0.3) is 0 Å². The van der Waals surface area contributed by atoms with Gasteiger partial charge in [-0.15, -0.1) is 0 Å². The van der Waals surface area contributed by atoms with E-state index in [1.54, 1.807) is 6.07 Å². The lowest BCUT2D eigenvalue weighted by Gasteiger charge is -2.34. The van der Waals surface area contributed by atoms with E-state index in [1.165, 1.54) is 6.92 Å². The van der Waals surface area contributed by atoms with Crippen molar-refractivity contribution in [3.63, 3.8) is 0 Å². The summed E-state index contributed by atoms with van der Waals surface area (Å²) in [5.41, 5.74) is 2.74. The van der Waals surface area contributed by atoms with E-state index < -0.39 is 5.41 Å². The fourth-order valence-corrected chi connectivity index (χ4v) is 4.99. The molecule has 3 aromatic rings. The molecular formula is C32H37NO5. The van der Waals surface area contributed by atoms with E-state index in [0.717, 1.165) is 16.7 Å². The smallest absolute Gasteiger partial charge is 0.302 e. The van der Waals surface area contributed by atoms with Crippen LogP contribution in [-0.2, 0) is 30.6 Å². The number of phenols is 1. The number of fused-ring (bicyclic) bond motifs is 1. The zero-order valence-corrected chi connectivity index (χ0v) is 23.3. The molecule has 6 nitrogen and oxygen atoms in total. The first-order valence-corrected chi connectivity index (χ1v) is 12.9. The molecule has 3 aromatic carbocycles. The second-order valence-electron chi connectivity index (χ2n) is 11.9. The van der Waals surface area contributed by atoms with Crippen LogP contribution in [0.5, 0.6) is 11.5 Å². The van der Waals surface area contributed by atoms with Crippen molar-refractivity contribution in [1.82, 2.24) is 0 Å². The van der Waals surface area contributed by atoms with Crippen LogP contribution < -0.4 is 10.1 Å². The third-order valence-corrected chi connectivity index (χ3v) is 7.08. The molecule has 4 rings (SSSR count). The van der Waals surface area contributed by atoms with E-state index in [0.29, 0.717) is 22.6 Å². The van der Waals surface area contributed by atoms with Gasteiger partial charge in [-0.3, -0.25) is 9.59 Å². The number of phenolic OH excluding ortho intramolecular Hbond substituents is 1. The summed E-state index contributed by atoms with van der Waals surface area (Å²) in [7, 11) is 0. The summed E-state index contributed by atoms with van der Waals surface area (Å²) >= 11 is 0. The van der Waals surface area contributed by atoms with Gasteiger partial charge in [-0.1, -0.05) is 71.9 Å². The topological polar surface area (TPSA) is 84.9 Å². The number of esters is 1. The second kappa shape index (κ2) is 9.82. The lowest BCUT2D eigenvalue weighted by Crippen LogP contribution is -2.38. The number of hydrogen-bond acceptors (Lipinski definition) is 5. The number of carbonyl (C=O) groups excluding carboxylic acids is 2. The molecule has 0 aromatic heterocycles. The molecule has 1 heterocycles. The molecule has 0 saturated carbocycles. The molecule has 0 radical (unpaired) electrons. The third kappa shape index (κ3) is 4.87. The molecule has 1 unspecified atom stereocenters. The highest BCUT2D eigenvalue weighted by Gasteiger charge is 2.53. The summed E-state index contributed by atoms with van der Waals surface area (Å²) in [6.45, 7) is 14.2. The number of benzene rings is 3. The Balaban J connectivity index is 2.06. The van der Waals surface area contributed by atoms with Crippen LogP contribution in [0.3, 0.4) is 0 Å². The summed E-state index contributed by atoms with van der Waals surface area (Å²) in [6.07, 6.45) is 0. The van der Waals surface area contributed by atoms with Crippen LogP contribution in [0.25, 0.3) is 0 Å². The highest BCUT2D eigenvalue weighted by Crippen LogP contribution is 2.53. The number of carbonyl (C=O) groups is 2. The summed E-state index contributed by atoms with van der Waals surface area (Å²) in [6, 6.07) is 18.9. The Morgan fingerprint density at radius 3 is 2.08 bits per heavy atom. The number of aromatic hydroxyl groups is 1. The maximum absolute atomic E-state index is 14.3. The van der Waals surface area contributed by atoms with Gasteiger partial charge >= 0.3 is 5.97 Å². The summed E-state index contributed by atoms with van der Waals surface area (Å²) < 4.78 is 11.3. The molecule has 6 heteroatoms. The van der Waals surface area contributed by atoms with E-state index in [1.807, 2.05) is 54.6 Å². The van der Waals surface area contributed by atoms with Gasteiger partial charge in [0.05, 0.1) is 0 Å². The van der Waals surface area contributed by atoms with Gasteiger partial charge < -0.3 is 19.9 Å². The van der Waals surface area contributed by atoms with E-state index in [2.05, 4.69) is 46.9 Å². The predicted molar refractivity (Wildman–Crippen MR) is 149 cm³/mol. The van der Waals surface area contributed by atoms with Crippen molar-refractivity contribution in [2.24, 2.45) is 0 Å². The van der Waals surface area contributed by atoms with Gasteiger partial charge in [0.15, 0.2) is 0 Å². The fraction of sp³-hybridized carbons (Fsp3) is 0.375. The van der Waals surface area contributed by atoms with Crippen LogP contribution in [0, 0.1) is 0 Å². The summed E-state index contributed by atoms with van der Waals surface area (Å²) in [4.78, 5) is 25.5. The minimum Gasteiger partial charge on any atom is -0.508 e. The third-order valence-electron chi connectivity index (χ3n) is 7.08. The Hall–Kier alpha value is -3.80. The normalized spacial score (nSPS) is 17.1. The second-order valence-corrected chi connectivity index (χ2v) is 11.9. The number of nitrogens with one attached hydrogen (secondary N) is 1. The Kier molecular flexibility index (Phi) is 7.04. The Morgan fingerprint density at radius 2 is 1.45 bits per heavy atom. The Bertz CT molecular complexity index is 1380. The zero-order chi connectivity index (χ0) is 27.9. The van der Waals surface area contributed by atoms with E-state index in [-0.39, 0.29) is 41.7 Å². The molecule has 0 bridgehead atoms. The maximum Gasteiger partial charge on any atom is 0.302 e. The Morgan fingerprint density at radius 1 is 0.842 bits per heavy atom. The number of ether oxygens (including phenoxy) is 2. The first-order valence-electron chi connectivity index (χ1n) is 12.9. The molecule has 1 atom stereocenters. The van der Waals surface area contributed by atoms with Crippen LogP contribution >= 0.6 is 0 Å². The van der Waals surface area contributed by atoms with Crippen LogP contribution in [0.4, 0.5) is 5.69 Å². The van der Waals surface area contributed by atoms with Crippen molar-refractivity contribution in [2.45, 2.75) is 64.7 Å². The standard InChI is InChI=1S/C32H37NO5/c1-20(34)37-16-17-38-28-15-13-22(31(5,6)7)19-25(28)32(23-10-8-9-11-26(23)33-29(32)36)24-18-21(30(2,3)4)12-14-27(24)35/h8-15,18-19,35H,16-17H2,1-7H3,(H,33,36). The number of rotatable bonds is 6. The first-order chi connectivity index (χ1) is 17.8. The zero-order valence-electron chi connectivity index (χ0n) is 23.3. The van der Waals surface area contributed by atoms with Crippen molar-refractivity contribution in [1.29, 1.82) is 0 Å². The maximum atomic E-state index is 14.3. The molecule has 38 heavy (non-hydrogen) atoms.